The van der Waals surface area contributed by atoms with Gasteiger partial charge in [-0.15, -0.1) is 0 Å². The fourth-order valence-corrected chi connectivity index (χ4v) is 1.70. The van der Waals surface area contributed by atoms with E-state index in [1.165, 1.54) is 0 Å². The Kier molecular flexibility index (Phi) is 5.25. The van der Waals surface area contributed by atoms with E-state index in [0.29, 0.717) is 17.1 Å². The van der Waals surface area contributed by atoms with Crippen molar-refractivity contribution in [1.29, 1.82) is 0 Å². The predicted octanol–water partition coefficient (Wildman–Crippen LogP) is 4.11. The third kappa shape index (κ3) is 4.47. The molecule has 1 amide bonds. The van der Waals surface area contributed by atoms with E-state index in [1.54, 1.807) is 12.1 Å². The van der Waals surface area contributed by atoms with Crippen LogP contribution in [0.1, 0.15) is 37.6 Å². The number of benzene rings is 1. The van der Waals surface area contributed by atoms with Crippen molar-refractivity contribution in [2.24, 2.45) is 5.41 Å². The lowest BCUT2D eigenvalue weighted by Gasteiger charge is -2.22. The molecule has 0 aliphatic carbocycles. The molecule has 1 aromatic carbocycles. The molecular formula is C13H17ClINO. The van der Waals surface area contributed by atoms with Crippen molar-refractivity contribution in [3.63, 3.8) is 0 Å². The van der Waals surface area contributed by atoms with Crippen LogP contribution >= 0.6 is 34.2 Å². The summed E-state index contributed by atoms with van der Waals surface area (Å²) in [6, 6.07) is 5.35. The zero-order chi connectivity index (χ0) is 13.1. The molecule has 17 heavy (non-hydrogen) atoms. The van der Waals surface area contributed by atoms with Gasteiger partial charge in [0.15, 0.2) is 0 Å². The zero-order valence-electron chi connectivity index (χ0n) is 10.3. The molecule has 4 heteroatoms. The lowest BCUT2D eigenvalue weighted by Crippen LogP contribution is -2.33. The number of carbonyl (C=O) groups excluding carboxylic acids is 1. The SMILES string of the molecule is CCC(C)(C)CNC(=O)c1ccc(I)c(Cl)c1. The van der Waals surface area contributed by atoms with Crippen molar-refractivity contribution in [1.82, 2.24) is 5.32 Å². The van der Waals surface area contributed by atoms with Crippen LogP contribution in [0.4, 0.5) is 0 Å². The molecule has 0 unspecified atom stereocenters. The first-order chi connectivity index (χ1) is 7.85. The Morgan fingerprint density at radius 3 is 2.65 bits per heavy atom. The van der Waals surface area contributed by atoms with Gasteiger partial charge < -0.3 is 5.32 Å². The van der Waals surface area contributed by atoms with Crippen molar-refractivity contribution in [2.75, 3.05) is 6.54 Å². The Hall–Kier alpha value is -0.290. The van der Waals surface area contributed by atoms with Crippen LogP contribution in [0.3, 0.4) is 0 Å². The highest BCUT2D eigenvalue weighted by atomic mass is 127. The largest absolute Gasteiger partial charge is 0.352 e. The van der Waals surface area contributed by atoms with Crippen molar-refractivity contribution >= 4 is 40.1 Å². The second kappa shape index (κ2) is 6.05. The highest BCUT2D eigenvalue weighted by molar-refractivity contribution is 14.1. The molecule has 0 bridgehead atoms. The molecule has 0 saturated heterocycles. The van der Waals surface area contributed by atoms with Gasteiger partial charge in [-0.3, -0.25) is 4.79 Å². The van der Waals surface area contributed by atoms with Gasteiger partial charge in [-0.25, -0.2) is 0 Å². The van der Waals surface area contributed by atoms with E-state index in [2.05, 4.69) is 48.7 Å². The summed E-state index contributed by atoms with van der Waals surface area (Å²) in [6.45, 7) is 7.06. The fraction of sp³-hybridized carbons (Fsp3) is 0.462. The molecule has 0 aromatic heterocycles. The standard InChI is InChI=1S/C13H17ClINO/c1-4-13(2,3)8-16-12(17)9-5-6-11(15)10(14)7-9/h5-7H,4,8H2,1-3H3,(H,16,17). The van der Waals surface area contributed by atoms with E-state index in [1.807, 2.05) is 6.07 Å². The average Bonchev–Trinajstić information content (AvgIpc) is 2.30. The molecule has 0 saturated carbocycles. The van der Waals surface area contributed by atoms with Crippen molar-refractivity contribution in [2.45, 2.75) is 27.2 Å². The molecule has 0 aliphatic rings. The first-order valence-electron chi connectivity index (χ1n) is 5.59. The van der Waals surface area contributed by atoms with Gasteiger partial charge in [0.25, 0.3) is 5.91 Å². The highest BCUT2D eigenvalue weighted by Crippen LogP contribution is 2.20. The van der Waals surface area contributed by atoms with Gasteiger partial charge in [-0.2, -0.15) is 0 Å². The topological polar surface area (TPSA) is 29.1 Å². The monoisotopic (exact) mass is 365 g/mol. The molecule has 0 atom stereocenters. The molecular weight excluding hydrogens is 349 g/mol. The van der Waals surface area contributed by atoms with Gasteiger partial charge in [0.1, 0.15) is 0 Å². The summed E-state index contributed by atoms with van der Waals surface area (Å²) < 4.78 is 0.953. The minimum atomic E-state index is -0.0650. The number of carbonyl (C=O) groups is 1. The average molecular weight is 366 g/mol. The Balaban J connectivity index is 2.68. The smallest absolute Gasteiger partial charge is 0.251 e. The summed E-state index contributed by atoms with van der Waals surface area (Å²) in [7, 11) is 0. The molecule has 1 N–H and O–H groups in total. The Morgan fingerprint density at radius 1 is 1.47 bits per heavy atom. The summed E-state index contributed by atoms with van der Waals surface area (Å²) in [6.07, 6.45) is 1.03. The number of nitrogens with one attached hydrogen (secondary N) is 1. The normalized spacial score (nSPS) is 11.4. The Morgan fingerprint density at radius 2 is 2.12 bits per heavy atom. The van der Waals surface area contributed by atoms with E-state index < -0.39 is 0 Å². The van der Waals surface area contributed by atoms with E-state index in [0.717, 1.165) is 9.99 Å². The Bertz CT molecular complexity index is 418. The number of hydrogen-bond acceptors (Lipinski definition) is 1. The predicted molar refractivity (Wildman–Crippen MR) is 80.6 cm³/mol. The van der Waals surface area contributed by atoms with E-state index in [-0.39, 0.29) is 11.3 Å². The van der Waals surface area contributed by atoms with Crippen LogP contribution in [0.15, 0.2) is 18.2 Å². The van der Waals surface area contributed by atoms with Gasteiger partial charge >= 0.3 is 0 Å². The maximum atomic E-state index is 11.9. The molecule has 0 spiro atoms. The maximum Gasteiger partial charge on any atom is 0.251 e. The van der Waals surface area contributed by atoms with Crippen molar-refractivity contribution in [3.05, 3.63) is 32.4 Å². The molecule has 0 fully saturated rings. The van der Waals surface area contributed by atoms with Gasteiger partial charge in [0.2, 0.25) is 0 Å². The van der Waals surface area contributed by atoms with Crippen LogP contribution in [0.5, 0.6) is 0 Å². The van der Waals surface area contributed by atoms with E-state index in [9.17, 15) is 4.79 Å². The summed E-state index contributed by atoms with van der Waals surface area (Å²) in [5.41, 5.74) is 0.741. The summed E-state index contributed by atoms with van der Waals surface area (Å²) in [4.78, 5) is 11.9. The molecule has 0 radical (unpaired) electrons. The highest BCUT2D eigenvalue weighted by Gasteiger charge is 2.16. The lowest BCUT2D eigenvalue weighted by atomic mass is 9.90. The van der Waals surface area contributed by atoms with Crippen LogP contribution in [0, 0.1) is 8.99 Å². The first kappa shape index (κ1) is 14.8. The summed E-state index contributed by atoms with van der Waals surface area (Å²) in [5, 5.41) is 3.56. The molecule has 0 heterocycles. The summed E-state index contributed by atoms with van der Waals surface area (Å²) >= 11 is 8.13. The number of hydrogen-bond donors (Lipinski definition) is 1. The molecule has 94 valence electrons. The second-order valence-corrected chi connectivity index (χ2v) is 6.40. The van der Waals surface area contributed by atoms with Crippen LogP contribution < -0.4 is 5.32 Å². The summed E-state index contributed by atoms with van der Waals surface area (Å²) in [5.74, 6) is -0.0650. The van der Waals surface area contributed by atoms with Gasteiger partial charge in [-0.1, -0.05) is 32.4 Å². The van der Waals surface area contributed by atoms with Crippen molar-refractivity contribution < 1.29 is 4.79 Å². The third-order valence-electron chi connectivity index (χ3n) is 2.87. The van der Waals surface area contributed by atoms with Gasteiger partial charge in [0.05, 0.1) is 5.02 Å². The molecule has 1 aromatic rings. The second-order valence-electron chi connectivity index (χ2n) is 4.83. The Labute approximate surface area is 121 Å². The molecule has 0 aliphatic heterocycles. The van der Waals surface area contributed by atoms with Crippen LogP contribution in [0.2, 0.25) is 5.02 Å². The molecule has 1 rings (SSSR count). The van der Waals surface area contributed by atoms with Gasteiger partial charge in [0, 0.05) is 15.7 Å². The van der Waals surface area contributed by atoms with Crippen LogP contribution in [-0.2, 0) is 0 Å². The van der Waals surface area contributed by atoms with Crippen LogP contribution in [0.25, 0.3) is 0 Å². The number of rotatable bonds is 4. The minimum Gasteiger partial charge on any atom is -0.352 e. The maximum absolute atomic E-state index is 11.9. The number of halogens is 2. The van der Waals surface area contributed by atoms with E-state index in [4.69, 9.17) is 11.6 Å². The fourth-order valence-electron chi connectivity index (χ4n) is 1.18. The molecule has 2 nitrogen and oxygen atoms in total. The zero-order valence-corrected chi connectivity index (χ0v) is 13.2. The minimum absolute atomic E-state index is 0.0650. The van der Waals surface area contributed by atoms with Gasteiger partial charge in [-0.05, 0) is 52.6 Å². The quantitative estimate of drug-likeness (QED) is 0.799. The van der Waals surface area contributed by atoms with Crippen LogP contribution in [-0.4, -0.2) is 12.5 Å². The lowest BCUT2D eigenvalue weighted by molar-refractivity contribution is 0.0935. The third-order valence-corrected chi connectivity index (χ3v) is 4.44. The number of amides is 1. The first-order valence-corrected chi connectivity index (χ1v) is 7.04. The van der Waals surface area contributed by atoms with E-state index >= 15 is 0 Å². The van der Waals surface area contributed by atoms with Crippen molar-refractivity contribution in [3.8, 4) is 0 Å².